The third kappa shape index (κ3) is 5.33. The first kappa shape index (κ1) is 19.4. The number of nitrogens with one attached hydrogen (secondary N) is 2. The quantitative estimate of drug-likeness (QED) is 0.603. The van der Waals surface area contributed by atoms with Crippen LogP contribution in [0.25, 0.3) is 0 Å². The van der Waals surface area contributed by atoms with Crippen molar-refractivity contribution in [3.63, 3.8) is 0 Å². The lowest BCUT2D eigenvalue weighted by Crippen LogP contribution is -2.26. The largest absolute Gasteiger partial charge is 0.491 e. The van der Waals surface area contributed by atoms with Crippen molar-refractivity contribution in [3.05, 3.63) is 84.1 Å². The molecule has 0 bridgehead atoms. The Morgan fingerprint density at radius 3 is 2.25 bits per heavy atom. The molecule has 144 valence electrons. The Morgan fingerprint density at radius 1 is 0.929 bits per heavy atom. The number of nitrogens with zero attached hydrogens (tertiary/aromatic N) is 1. The van der Waals surface area contributed by atoms with Crippen molar-refractivity contribution in [2.45, 2.75) is 32.9 Å². The zero-order chi connectivity index (χ0) is 19.9. The molecule has 0 spiro atoms. The summed E-state index contributed by atoms with van der Waals surface area (Å²) >= 11 is 0. The molecule has 1 aromatic heterocycles. The van der Waals surface area contributed by atoms with Crippen molar-refractivity contribution in [2.24, 2.45) is 0 Å². The molecule has 0 aliphatic heterocycles. The summed E-state index contributed by atoms with van der Waals surface area (Å²) in [6.45, 7) is 5.95. The Hall–Kier alpha value is -3.34. The lowest BCUT2D eigenvalue weighted by Gasteiger charge is -2.14. The minimum Gasteiger partial charge on any atom is -0.491 e. The van der Waals surface area contributed by atoms with Crippen LogP contribution in [0.1, 0.15) is 42.7 Å². The van der Waals surface area contributed by atoms with Crippen molar-refractivity contribution in [3.8, 4) is 5.75 Å². The van der Waals surface area contributed by atoms with Crippen LogP contribution in [0.5, 0.6) is 5.75 Å². The molecule has 28 heavy (non-hydrogen) atoms. The molecule has 1 heterocycles. The lowest BCUT2D eigenvalue weighted by atomic mass is 10.1. The predicted octanol–water partition coefficient (Wildman–Crippen LogP) is 5.10. The fourth-order valence-corrected chi connectivity index (χ4v) is 2.74. The first-order valence-electron chi connectivity index (χ1n) is 9.37. The maximum Gasteiger partial charge on any atom is 0.253 e. The second-order valence-electron chi connectivity index (χ2n) is 6.85. The van der Waals surface area contributed by atoms with Crippen LogP contribution in [0.3, 0.4) is 0 Å². The highest BCUT2D eigenvalue weighted by molar-refractivity contribution is 5.94. The van der Waals surface area contributed by atoms with Crippen molar-refractivity contribution >= 4 is 17.4 Å². The maximum atomic E-state index is 12.4. The van der Waals surface area contributed by atoms with Gasteiger partial charge in [-0.2, -0.15) is 0 Å². The van der Waals surface area contributed by atoms with E-state index in [1.807, 2.05) is 75.4 Å². The van der Waals surface area contributed by atoms with Gasteiger partial charge in [0.05, 0.1) is 17.7 Å². The van der Waals surface area contributed by atoms with Gasteiger partial charge in [0.15, 0.2) is 0 Å². The van der Waals surface area contributed by atoms with E-state index in [4.69, 9.17) is 4.74 Å². The summed E-state index contributed by atoms with van der Waals surface area (Å²) in [7, 11) is 0. The van der Waals surface area contributed by atoms with Gasteiger partial charge < -0.3 is 15.4 Å². The van der Waals surface area contributed by atoms with Crippen LogP contribution in [0.2, 0.25) is 0 Å². The molecule has 5 nitrogen and oxygen atoms in total. The Bertz CT molecular complexity index is 891. The summed E-state index contributed by atoms with van der Waals surface area (Å²) in [6, 6.07) is 21.0. The minimum absolute atomic E-state index is 0.0712. The number of amides is 1. The summed E-state index contributed by atoms with van der Waals surface area (Å²) in [5.74, 6) is 1.35. The van der Waals surface area contributed by atoms with Crippen LogP contribution < -0.4 is 15.4 Å². The van der Waals surface area contributed by atoms with Crippen LogP contribution in [0.4, 0.5) is 11.5 Å². The summed E-state index contributed by atoms with van der Waals surface area (Å²) in [5, 5.41) is 6.21. The molecule has 5 heteroatoms. The molecule has 3 rings (SSSR count). The van der Waals surface area contributed by atoms with E-state index in [9.17, 15) is 4.79 Å². The third-order valence-electron chi connectivity index (χ3n) is 4.17. The van der Waals surface area contributed by atoms with Crippen molar-refractivity contribution < 1.29 is 9.53 Å². The van der Waals surface area contributed by atoms with Crippen LogP contribution in [-0.4, -0.2) is 17.0 Å². The molecule has 1 amide bonds. The van der Waals surface area contributed by atoms with Crippen LogP contribution in [0, 0.1) is 0 Å². The number of hydrogen-bond acceptors (Lipinski definition) is 4. The topological polar surface area (TPSA) is 63.2 Å². The molecule has 0 saturated heterocycles. The number of anilines is 2. The molecule has 0 saturated carbocycles. The predicted molar refractivity (Wildman–Crippen MR) is 112 cm³/mol. The molecule has 1 unspecified atom stereocenters. The maximum absolute atomic E-state index is 12.4. The molecule has 3 aromatic rings. The Kier molecular flexibility index (Phi) is 6.27. The first-order chi connectivity index (χ1) is 13.5. The van der Waals surface area contributed by atoms with E-state index in [1.165, 1.54) is 0 Å². The first-order valence-corrected chi connectivity index (χ1v) is 9.37. The smallest absolute Gasteiger partial charge is 0.253 e. The fourth-order valence-electron chi connectivity index (χ4n) is 2.74. The highest BCUT2D eigenvalue weighted by atomic mass is 16.5. The Morgan fingerprint density at radius 2 is 1.64 bits per heavy atom. The van der Waals surface area contributed by atoms with Crippen LogP contribution >= 0.6 is 0 Å². The van der Waals surface area contributed by atoms with E-state index in [2.05, 4.69) is 15.6 Å². The van der Waals surface area contributed by atoms with Gasteiger partial charge in [-0.3, -0.25) is 4.79 Å². The molecule has 0 aliphatic rings. The molecule has 0 radical (unpaired) electrons. The van der Waals surface area contributed by atoms with Crippen LogP contribution in [0.15, 0.2) is 72.9 Å². The van der Waals surface area contributed by atoms with E-state index in [0.717, 1.165) is 17.0 Å². The molecule has 2 N–H and O–H groups in total. The lowest BCUT2D eigenvalue weighted by molar-refractivity contribution is 0.0939. The third-order valence-corrected chi connectivity index (χ3v) is 4.17. The van der Waals surface area contributed by atoms with Crippen molar-refractivity contribution in [1.29, 1.82) is 0 Å². The minimum atomic E-state index is -0.148. The molecule has 0 fully saturated rings. The number of rotatable bonds is 7. The van der Waals surface area contributed by atoms with Gasteiger partial charge in [0, 0.05) is 11.9 Å². The van der Waals surface area contributed by atoms with E-state index >= 15 is 0 Å². The van der Waals surface area contributed by atoms with Gasteiger partial charge >= 0.3 is 0 Å². The van der Waals surface area contributed by atoms with Crippen molar-refractivity contribution in [1.82, 2.24) is 10.3 Å². The van der Waals surface area contributed by atoms with Gasteiger partial charge in [0.1, 0.15) is 11.6 Å². The number of ether oxygens (including phenoxy) is 1. The monoisotopic (exact) mass is 375 g/mol. The normalized spacial score (nSPS) is 11.7. The van der Waals surface area contributed by atoms with Gasteiger partial charge in [-0.05, 0) is 62.7 Å². The summed E-state index contributed by atoms with van der Waals surface area (Å²) in [6.07, 6.45) is 1.72. The average molecular weight is 375 g/mol. The van der Waals surface area contributed by atoms with Gasteiger partial charge in [-0.25, -0.2) is 4.98 Å². The SMILES string of the molecule is CC(C)Oc1ccc(Nc2ccc(C(=O)NC(C)c3ccccc3)cn2)cc1. The average Bonchev–Trinajstić information content (AvgIpc) is 2.70. The van der Waals surface area contributed by atoms with E-state index in [1.54, 1.807) is 18.3 Å². The van der Waals surface area contributed by atoms with Gasteiger partial charge in [-0.15, -0.1) is 0 Å². The van der Waals surface area contributed by atoms with Gasteiger partial charge in [-0.1, -0.05) is 30.3 Å². The second kappa shape index (κ2) is 9.04. The highest BCUT2D eigenvalue weighted by Gasteiger charge is 2.11. The number of pyridine rings is 1. The number of hydrogen-bond donors (Lipinski definition) is 2. The number of carbonyl (C=O) groups is 1. The van der Waals surface area contributed by atoms with E-state index in [-0.39, 0.29) is 18.1 Å². The summed E-state index contributed by atoms with van der Waals surface area (Å²) < 4.78 is 5.64. The zero-order valence-electron chi connectivity index (χ0n) is 16.3. The highest BCUT2D eigenvalue weighted by Crippen LogP contribution is 2.20. The second-order valence-corrected chi connectivity index (χ2v) is 6.85. The molecule has 2 aromatic carbocycles. The molecular weight excluding hydrogens is 350 g/mol. The molecule has 0 aliphatic carbocycles. The Balaban J connectivity index is 1.59. The van der Waals surface area contributed by atoms with Crippen LogP contribution in [-0.2, 0) is 0 Å². The number of benzene rings is 2. The van der Waals surface area contributed by atoms with Gasteiger partial charge in [0.25, 0.3) is 5.91 Å². The molecular formula is C23H25N3O2. The van der Waals surface area contributed by atoms with E-state index < -0.39 is 0 Å². The summed E-state index contributed by atoms with van der Waals surface area (Å²) in [4.78, 5) is 16.8. The Labute approximate surface area is 165 Å². The standard InChI is InChI=1S/C23H25N3O2/c1-16(2)28-21-12-10-20(11-13-21)26-22-14-9-19(15-24-22)23(27)25-17(3)18-7-5-4-6-8-18/h4-17H,1-3H3,(H,24,26)(H,25,27). The van der Waals surface area contributed by atoms with Gasteiger partial charge in [0.2, 0.25) is 0 Å². The summed E-state index contributed by atoms with van der Waals surface area (Å²) in [5.41, 5.74) is 2.49. The number of carbonyl (C=O) groups excluding carboxylic acids is 1. The number of aromatic nitrogens is 1. The zero-order valence-corrected chi connectivity index (χ0v) is 16.3. The fraction of sp³-hybridized carbons (Fsp3) is 0.217. The van der Waals surface area contributed by atoms with E-state index in [0.29, 0.717) is 11.4 Å². The molecule has 1 atom stereocenters. The van der Waals surface area contributed by atoms with Crippen molar-refractivity contribution in [2.75, 3.05) is 5.32 Å².